The number of benzene rings is 1. The van der Waals surface area contributed by atoms with Crippen molar-refractivity contribution in [3.8, 4) is 0 Å². The standard InChI is InChI=1S/C20H25NO3/c1-19(2)14-8-9-20(17(19)10-14)11-15-18(22)23-12-16(21(15)24-20)13-6-4-3-5-7-13/h3-7,14-17H,8-12H2,1-2H3/t14-,15+,16-,17+,20+/m0/s1. The van der Waals surface area contributed by atoms with E-state index in [0.29, 0.717) is 17.9 Å². The van der Waals surface area contributed by atoms with Gasteiger partial charge in [0, 0.05) is 6.42 Å². The van der Waals surface area contributed by atoms with E-state index in [-0.39, 0.29) is 23.7 Å². The molecule has 5 aliphatic rings. The number of ether oxygens (including phenoxy) is 1. The third-order valence-corrected chi connectivity index (χ3v) is 7.30. The van der Waals surface area contributed by atoms with Crippen molar-refractivity contribution in [2.45, 2.75) is 57.2 Å². The molecule has 5 fully saturated rings. The third kappa shape index (κ3) is 1.84. The van der Waals surface area contributed by atoms with Crippen LogP contribution in [0.5, 0.6) is 0 Å². The van der Waals surface area contributed by atoms with Crippen LogP contribution in [0, 0.1) is 17.3 Å². The van der Waals surface area contributed by atoms with Crippen LogP contribution in [0.4, 0.5) is 0 Å². The Morgan fingerprint density at radius 1 is 1.17 bits per heavy atom. The van der Waals surface area contributed by atoms with E-state index < -0.39 is 0 Å². The molecule has 0 radical (unpaired) electrons. The quantitative estimate of drug-likeness (QED) is 0.740. The Balaban J connectivity index is 1.49. The molecule has 4 nitrogen and oxygen atoms in total. The molecule has 1 aromatic rings. The maximum absolute atomic E-state index is 12.4. The van der Waals surface area contributed by atoms with E-state index in [1.54, 1.807) is 0 Å². The van der Waals surface area contributed by atoms with E-state index in [1.807, 2.05) is 23.3 Å². The van der Waals surface area contributed by atoms with Crippen LogP contribution in [-0.2, 0) is 14.4 Å². The van der Waals surface area contributed by atoms with Crippen LogP contribution in [0.25, 0.3) is 0 Å². The average Bonchev–Trinajstić information content (AvgIpc) is 2.95. The van der Waals surface area contributed by atoms with Gasteiger partial charge in [-0.3, -0.25) is 9.63 Å². The zero-order chi connectivity index (χ0) is 16.5. The van der Waals surface area contributed by atoms with Gasteiger partial charge < -0.3 is 4.74 Å². The summed E-state index contributed by atoms with van der Waals surface area (Å²) in [5.74, 6) is 1.27. The van der Waals surface area contributed by atoms with Gasteiger partial charge in [0.05, 0.1) is 11.6 Å². The van der Waals surface area contributed by atoms with Crippen molar-refractivity contribution in [2.75, 3.05) is 6.61 Å². The summed E-state index contributed by atoms with van der Waals surface area (Å²) in [6, 6.07) is 10.0. The lowest BCUT2D eigenvalue weighted by Crippen LogP contribution is -2.61. The van der Waals surface area contributed by atoms with Crippen LogP contribution < -0.4 is 0 Å². The number of hydrogen-bond acceptors (Lipinski definition) is 4. The molecule has 1 spiro atoms. The summed E-state index contributed by atoms with van der Waals surface area (Å²) >= 11 is 0. The van der Waals surface area contributed by atoms with Crippen LogP contribution >= 0.6 is 0 Å². The van der Waals surface area contributed by atoms with E-state index in [9.17, 15) is 4.79 Å². The minimum atomic E-state index is -0.253. The Morgan fingerprint density at radius 3 is 2.67 bits per heavy atom. The molecule has 6 rings (SSSR count). The Bertz CT molecular complexity index is 671. The fraction of sp³-hybridized carbons (Fsp3) is 0.650. The average molecular weight is 327 g/mol. The minimum absolute atomic E-state index is 0.00851. The van der Waals surface area contributed by atoms with E-state index in [4.69, 9.17) is 9.57 Å². The van der Waals surface area contributed by atoms with E-state index in [1.165, 1.54) is 12.8 Å². The van der Waals surface area contributed by atoms with Gasteiger partial charge in [-0.05, 0) is 42.1 Å². The molecule has 3 saturated carbocycles. The topological polar surface area (TPSA) is 38.8 Å². The van der Waals surface area contributed by atoms with Crippen molar-refractivity contribution in [1.82, 2.24) is 5.06 Å². The second-order valence-electron chi connectivity index (χ2n) is 8.64. The van der Waals surface area contributed by atoms with E-state index in [0.717, 1.165) is 24.3 Å². The summed E-state index contributed by atoms with van der Waals surface area (Å²) < 4.78 is 5.53. The zero-order valence-corrected chi connectivity index (χ0v) is 14.4. The fourth-order valence-corrected chi connectivity index (χ4v) is 5.79. The number of rotatable bonds is 1. The van der Waals surface area contributed by atoms with Crippen LogP contribution in [0.15, 0.2) is 30.3 Å². The number of carbonyl (C=O) groups excluding carboxylic acids is 1. The molecule has 3 aliphatic carbocycles. The Labute approximate surface area is 143 Å². The molecule has 24 heavy (non-hydrogen) atoms. The van der Waals surface area contributed by atoms with Crippen molar-refractivity contribution in [3.63, 3.8) is 0 Å². The number of hydrogen-bond donors (Lipinski definition) is 0. The number of hydroxylamine groups is 2. The molecule has 0 aromatic heterocycles. The minimum Gasteiger partial charge on any atom is -0.462 e. The molecule has 4 heteroatoms. The van der Waals surface area contributed by atoms with Crippen LogP contribution in [-0.4, -0.2) is 29.3 Å². The first-order valence-corrected chi connectivity index (χ1v) is 9.20. The van der Waals surface area contributed by atoms with Crippen molar-refractivity contribution in [1.29, 1.82) is 0 Å². The first-order valence-electron chi connectivity index (χ1n) is 9.20. The largest absolute Gasteiger partial charge is 0.462 e. The van der Waals surface area contributed by atoms with Crippen LogP contribution in [0.1, 0.15) is 51.1 Å². The number of carbonyl (C=O) groups is 1. The molecule has 2 heterocycles. The summed E-state index contributed by atoms with van der Waals surface area (Å²) in [4.78, 5) is 19.1. The summed E-state index contributed by atoms with van der Waals surface area (Å²) in [6.45, 7) is 5.13. The number of morpholine rings is 1. The smallest absolute Gasteiger partial charge is 0.325 e. The lowest BCUT2D eigenvalue weighted by atomic mass is 9.43. The monoisotopic (exact) mass is 327 g/mol. The highest BCUT2D eigenvalue weighted by molar-refractivity contribution is 5.77. The van der Waals surface area contributed by atoms with Gasteiger partial charge in [-0.1, -0.05) is 44.2 Å². The third-order valence-electron chi connectivity index (χ3n) is 7.30. The predicted octanol–water partition coefficient (Wildman–Crippen LogP) is 3.49. The van der Waals surface area contributed by atoms with Gasteiger partial charge in [-0.25, -0.2) is 0 Å². The summed E-state index contributed by atoms with van der Waals surface area (Å²) in [6.07, 6.45) is 4.33. The van der Waals surface area contributed by atoms with Crippen LogP contribution in [0.3, 0.4) is 0 Å². The first-order chi connectivity index (χ1) is 11.5. The highest BCUT2D eigenvalue weighted by Crippen LogP contribution is 2.66. The van der Waals surface area contributed by atoms with Gasteiger partial charge in [0.15, 0.2) is 0 Å². The number of fused-ring (bicyclic) bond motifs is 2. The summed E-state index contributed by atoms with van der Waals surface area (Å²) in [5, 5.41) is 1.98. The first kappa shape index (κ1) is 14.9. The van der Waals surface area contributed by atoms with Crippen LogP contribution in [0.2, 0.25) is 0 Å². The van der Waals surface area contributed by atoms with E-state index >= 15 is 0 Å². The van der Waals surface area contributed by atoms with Gasteiger partial charge in [0.25, 0.3) is 0 Å². The van der Waals surface area contributed by atoms with Crippen molar-refractivity contribution in [3.05, 3.63) is 35.9 Å². The van der Waals surface area contributed by atoms with Gasteiger partial charge >= 0.3 is 5.97 Å². The maximum Gasteiger partial charge on any atom is 0.325 e. The number of nitrogens with zero attached hydrogens (tertiary/aromatic N) is 1. The normalized spacial score (nSPS) is 43.2. The second kappa shape index (κ2) is 4.83. The molecular formula is C20H25NO3. The molecule has 128 valence electrons. The lowest BCUT2D eigenvalue weighted by molar-refractivity contribution is -0.304. The lowest BCUT2D eigenvalue weighted by Gasteiger charge is -2.63. The van der Waals surface area contributed by atoms with Gasteiger partial charge in [0.1, 0.15) is 12.6 Å². The highest BCUT2D eigenvalue weighted by atomic mass is 16.7. The molecule has 1 aromatic carbocycles. The predicted molar refractivity (Wildman–Crippen MR) is 88.8 cm³/mol. The fourth-order valence-electron chi connectivity index (χ4n) is 5.79. The van der Waals surface area contributed by atoms with E-state index in [2.05, 4.69) is 26.0 Å². The molecule has 2 aliphatic heterocycles. The molecule has 0 amide bonds. The van der Waals surface area contributed by atoms with Crippen molar-refractivity contribution < 1.29 is 14.4 Å². The van der Waals surface area contributed by atoms with Crippen molar-refractivity contribution in [2.24, 2.45) is 17.3 Å². The number of cyclic esters (lactones) is 1. The molecule has 2 bridgehead atoms. The highest BCUT2D eigenvalue weighted by Gasteiger charge is 2.67. The molecular weight excluding hydrogens is 302 g/mol. The Kier molecular flexibility index (Phi) is 3.00. The zero-order valence-electron chi connectivity index (χ0n) is 14.4. The molecule has 0 unspecified atom stereocenters. The van der Waals surface area contributed by atoms with Gasteiger partial charge in [0.2, 0.25) is 0 Å². The Hall–Kier alpha value is -1.39. The Morgan fingerprint density at radius 2 is 1.96 bits per heavy atom. The molecule has 0 N–H and O–H groups in total. The van der Waals surface area contributed by atoms with Gasteiger partial charge in [-0.2, -0.15) is 5.06 Å². The summed E-state index contributed by atoms with van der Waals surface area (Å²) in [5.41, 5.74) is 1.33. The van der Waals surface area contributed by atoms with Crippen molar-refractivity contribution >= 4 is 5.97 Å². The van der Waals surface area contributed by atoms with Gasteiger partial charge in [-0.15, -0.1) is 0 Å². The molecule has 5 atom stereocenters. The molecule has 2 saturated heterocycles. The summed E-state index contributed by atoms with van der Waals surface area (Å²) in [7, 11) is 0. The maximum atomic E-state index is 12.4. The number of esters is 1. The second-order valence-corrected chi connectivity index (χ2v) is 8.64. The SMILES string of the molecule is CC1(C)[C@H]2CC[C@@]3(C[C@@H]4C(=O)OC[C@@H](c5ccccc5)N4O3)[C@@H]1C2.